The molecule has 0 atom stereocenters. The highest BCUT2D eigenvalue weighted by Gasteiger charge is 1.95. The predicted octanol–water partition coefficient (Wildman–Crippen LogP) is 3.45. The van der Waals surface area contributed by atoms with E-state index in [4.69, 9.17) is 0 Å². The van der Waals surface area contributed by atoms with Gasteiger partial charge in [-0.15, -0.1) is 0 Å². The largest absolute Gasteiger partial charge is 0.0845 e. The Morgan fingerprint density at radius 2 is 2.20 bits per heavy atom. The monoisotopic (exact) mass is 136 g/mol. The molecule has 0 nitrogen and oxygen atoms in total. The summed E-state index contributed by atoms with van der Waals surface area (Å²) in [5.41, 5.74) is 1.51. The molecule has 0 aromatic heterocycles. The van der Waals surface area contributed by atoms with Gasteiger partial charge in [0.05, 0.1) is 0 Å². The Bertz CT molecular complexity index is 140. The average Bonchev–Trinajstić information content (AvgIpc) is 1.87. The SMILES string of the molecule is C/C=C1\C=C/CCCCC1. The van der Waals surface area contributed by atoms with Crippen LogP contribution in [0, 0.1) is 0 Å². The van der Waals surface area contributed by atoms with Gasteiger partial charge in [-0.1, -0.05) is 30.2 Å². The number of hydrogen-bond acceptors (Lipinski definition) is 0. The summed E-state index contributed by atoms with van der Waals surface area (Å²) in [4.78, 5) is 0. The molecule has 0 heterocycles. The lowest BCUT2D eigenvalue weighted by molar-refractivity contribution is 0.678. The summed E-state index contributed by atoms with van der Waals surface area (Å²) in [7, 11) is 0. The van der Waals surface area contributed by atoms with Crippen molar-refractivity contribution in [2.24, 2.45) is 0 Å². The molecule has 0 aromatic carbocycles. The molecule has 0 aromatic rings. The summed E-state index contributed by atoms with van der Waals surface area (Å²) in [5.74, 6) is 0. The molecular weight excluding hydrogens is 120 g/mol. The summed E-state index contributed by atoms with van der Waals surface area (Å²) in [5, 5.41) is 0. The van der Waals surface area contributed by atoms with Gasteiger partial charge in [0.15, 0.2) is 0 Å². The summed E-state index contributed by atoms with van der Waals surface area (Å²) in [6.45, 7) is 2.13. The normalized spacial score (nSPS) is 27.5. The smallest absolute Gasteiger partial charge is 0.0282 e. The summed E-state index contributed by atoms with van der Waals surface area (Å²) in [6.07, 6.45) is 13.5. The van der Waals surface area contributed by atoms with Gasteiger partial charge < -0.3 is 0 Å². The third-order valence-electron chi connectivity index (χ3n) is 2.04. The molecule has 0 saturated heterocycles. The minimum Gasteiger partial charge on any atom is -0.0845 e. The van der Waals surface area contributed by atoms with E-state index < -0.39 is 0 Å². The van der Waals surface area contributed by atoms with Gasteiger partial charge in [0.25, 0.3) is 0 Å². The van der Waals surface area contributed by atoms with Crippen molar-refractivity contribution in [3.8, 4) is 0 Å². The Balaban J connectivity index is 2.49. The molecule has 1 aliphatic carbocycles. The Morgan fingerprint density at radius 1 is 1.30 bits per heavy atom. The van der Waals surface area contributed by atoms with E-state index in [-0.39, 0.29) is 0 Å². The standard InChI is InChI=1S/C10H16/c1-2-10-8-6-4-3-5-7-9-10/h2,6,8H,3-5,7,9H2,1H3/b8-6-,10-2+. The van der Waals surface area contributed by atoms with Gasteiger partial charge in [-0.2, -0.15) is 0 Å². The molecule has 56 valence electrons. The van der Waals surface area contributed by atoms with Crippen LogP contribution >= 0.6 is 0 Å². The first-order chi connectivity index (χ1) is 4.93. The van der Waals surface area contributed by atoms with Crippen LogP contribution in [-0.2, 0) is 0 Å². The van der Waals surface area contributed by atoms with E-state index in [9.17, 15) is 0 Å². The van der Waals surface area contributed by atoms with Crippen molar-refractivity contribution in [1.29, 1.82) is 0 Å². The predicted molar refractivity (Wildman–Crippen MR) is 46.0 cm³/mol. The average molecular weight is 136 g/mol. The zero-order valence-electron chi connectivity index (χ0n) is 6.77. The second-order valence-electron chi connectivity index (χ2n) is 2.87. The fourth-order valence-corrected chi connectivity index (χ4v) is 1.33. The molecule has 0 aliphatic heterocycles. The van der Waals surface area contributed by atoms with E-state index in [1.807, 2.05) is 0 Å². The molecule has 0 heteroatoms. The van der Waals surface area contributed by atoms with Crippen molar-refractivity contribution in [2.45, 2.75) is 39.0 Å². The Morgan fingerprint density at radius 3 is 3.00 bits per heavy atom. The minimum atomic E-state index is 1.28. The molecule has 10 heavy (non-hydrogen) atoms. The molecule has 0 amide bonds. The van der Waals surface area contributed by atoms with E-state index in [1.54, 1.807) is 0 Å². The van der Waals surface area contributed by atoms with Gasteiger partial charge in [0.1, 0.15) is 0 Å². The third kappa shape index (κ3) is 2.38. The van der Waals surface area contributed by atoms with Crippen molar-refractivity contribution in [2.75, 3.05) is 0 Å². The molecule has 0 saturated carbocycles. The van der Waals surface area contributed by atoms with E-state index in [0.29, 0.717) is 0 Å². The van der Waals surface area contributed by atoms with Crippen LogP contribution in [0.5, 0.6) is 0 Å². The molecular formula is C10H16. The third-order valence-corrected chi connectivity index (χ3v) is 2.04. The van der Waals surface area contributed by atoms with Crippen LogP contribution in [0.2, 0.25) is 0 Å². The van der Waals surface area contributed by atoms with Crippen LogP contribution in [0.1, 0.15) is 39.0 Å². The quantitative estimate of drug-likeness (QED) is 0.478. The van der Waals surface area contributed by atoms with Crippen molar-refractivity contribution in [1.82, 2.24) is 0 Å². The van der Waals surface area contributed by atoms with Crippen LogP contribution in [0.4, 0.5) is 0 Å². The minimum absolute atomic E-state index is 1.28. The highest BCUT2D eigenvalue weighted by atomic mass is 14.0. The lowest BCUT2D eigenvalue weighted by Gasteiger charge is -2.04. The Hall–Kier alpha value is -0.520. The molecule has 0 N–H and O–H groups in total. The van der Waals surface area contributed by atoms with Crippen LogP contribution in [0.25, 0.3) is 0 Å². The first-order valence-corrected chi connectivity index (χ1v) is 4.25. The van der Waals surface area contributed by atoms with Gasteiger partial charge >= 0.3 is 0 Å². The second kappa shape index (κ2) is 4.32. The fraction of sp³-hybridized carbons (Fsp3) is 0.600. The molecule has 1 aliphatic rings. The zero-order chi connectivity index (χ0) is 7.23. The fourth-order valence-electron chi connectivity index (χ4n) is 1.33. The number of hydrogen-bond donors (Lipinski definition) is 0. The van der Waals surface area contributed by atoms with Gasteiger partial charge in [-0.05, 0) is 32.6 Å². The van der Waals surface area contributed by atoms with E-state index in [1.165, 1.54) is 37.7 Å². The van der Waals surface area contributed by atoms with Crippen LogP contribution in [-0.4, -0.2) is 0 Å². The molecule has 1 rings (SSSR count). The van der Waals surface area contributed by atoms with Crippen LogP contribution in [0.3, 0.4) is 0 Å². The van der Waals surface area contributed by atoms with Gasteiger partial charge in [-0.25, -0.2) is 0 Å². The topological polar surface area (TPSA) is 0 Å². The van der Waals surface area contributed by atoms with Crippen LogP contribution in [0.15, 0.2) is 23.8 Å². The lowest BCUT2D eigenvalue weighted by Crippen LogP contribution is -1.84. The highest BCUT2D eigenvalue weighted by molar-refractivity contribution is 5.18. The lowest BCUT2D eigenvalue weighted by atomic mass is 10.0. The maximum absolute atomic E-state index is 2.30. The summed E-state index contributed by atoms with van der Waals surface area (Å²) < 4.78 is 0. The Labute approximate surface area is 63.6 Å². The van der Waals surface area contributed by atoms with Crippen molar-refractivity contribution in [3.05, 3.63) is 23.8 Å². The molecule has 0 bridgehead atoms. The van der Waals surface area contributed by atoms with Crippen LogP contribution < -0.4 is 0 Å². The van der Waals surface area contributed by atoms with Gasteiger partial charge in [0, 0.05) is 0 Å². The van der Waals surface area contributed by atoms with E-state index in [2.05, 4.69) is 25.2 Å². The summed E-state index contributed by atoms with van der Waals surface area (Å²) in [6, 6.07) is 0. The second-order valence-corrected chi connectivity index (χ2v) is 2.87. The van der Waals surface area contributed by atoms with E-state index in [0.717, 1.165) is 0 Å². The zero-order valence-corrected chi connectivity index (χ0v) is 6.77. The van der Waals surface area contributed by atoms with E-state index >= 15 is 0 Å². The highest BCUT2D eigenvalue weighted by Crippen LogP contribution is 2.15. The van der Waals surface area contributed by atoms with Crippen molar-refractivity contribution in [3.63, 3.8) is 0 Å². The van der Waals surface area contributed by atoms with Gasteiger partial charge in [-0.3, -0.25) is 0 Å². The molecule has 0 spiro atoms. The molecule has 0 unspecified atom stereocenters. The summed E-state index contributed by atoms with van der Waals surface area (Å²) >= 11 is 0. The maximum atomic E-state index is 2.30. The molecule has 0 radical (unpaired) electrons. The Kier molecular flexibility index (Phi) is 3.28. The first kappa shape index (κ1) is 7.59. The van der Waals surface area contributed by atoms with Gasteiger partial charge in [0.2, 0.25) is 0 Å². The van der Waals surface area contributed by atoms with Crippen molar-refractivity contribution < 1.29 is 0 Å². The first-order valence-electron chi connectivity index (χ1n) is 4.25. The molecule has 0 fully saturated rings. The maximum Gasteiger partial charge on any atom is -0.0282 e. The number of rotatable bonds is 0. The van der Waals surface area contributed by atoms with Crippen molar-refractivity contribution >= 4 is 0 Å². The number of allylic oxidation sites excluding steroid dienone is 4.